The van der Waals surface area contributed by atoms with Crippen LogP contribution in [0.1, 0.15) is 39.5 Å². The maximum atomic E-state index is 11.1. The summed E-state index contributed by atoms with van der Waals surface area (Å²) in [6.45, 7) is 4.37. The van der Waals surface area contributed by atoms with Gasteiger partial charge in [-0.25, -0.2) is 8.42 Å². The first-order valence-corrected chi connectivity index (χ1v) is 8.64. The van der Waals surface area contributed by atoms with E-state index in [0.29, 0.717) is 11.7 Å². The van der Waals surface area contributed by atoms with Crippen LogP contribution in [0.25, 0.3) is 0 Å². The molecule has 1 atom stereocenters. The standard InChI is InChI=1S/C14H24N2O2S/c1-4-5-6-7-12(2)15-13-8-10-14(11-9-13)16-19(3,17)18/h8-12,15-16H,4-7H2,1-3H3. The van der Waals surface area contributed by atoms with Crippen molar-refractivity contribution in [3.05, 3.63) is 24.3 Å². The van der Waals surface area contributed by atoms with Crippen LogP contribution in [0.5, 0.6) is 0 Å². The summed E-state index contributed by atoms with van der Waals surface area (Å²) < 4.78 is 24.6. The molecule has 108 valence electrons. The lowest BCUT2D eigenvalue weighted by Gasteiger charge is -2.15. The molecule has 1 aromatic carbocycles. The Hall–Kier alpha value is -1.23. The number of hydrogen-bond acceptors (Lipinski definition) is 3. The minimum absolute atomic E-state index is 0.431. The third-order valence-electron chi connectivity index (χ3n) is 2.84. The van der Waals surface area contributed by atoms with Gasteiger partial charge in [0, 0.05) is 17.4 Å². The van der Waals surface area contributed by atoms with E-state index >= 15 is 0 Å². The van der Waals surface area contributed by atoms with Crippen LogP contribution in [0.4, 0.5) is 11.4 Å². The van der Waals surface area contributed by atoms with Crippen LogP contribution in [0, 0.1) is 0 Å². The Balaban J connectivity index is 2.48. The molecule has 1 aromatic rings. The van der Waals surface area contributed by atoms with E-state index in [1.807, 2.05) is 12.1 Å². The molecule has 0 fully saturated rings. The molecule has 0 aliphatic rings. The number of hydrogen-bond donors (Lipinski definition) is 2. The molecule has 2 N–H and O–H groups in total. The Morgan fingerprint density at radius 2 is 1.68 bits per heavy atom. The van der Waals surface area contributed by atoms with Crippen LogP contribution in [0.3, 0.4) is 0 Å². The van der Waals surface area contributed by atoms with Gasteiger partial charge in [0.25, 0.3) is 0 Å². The molecular weight excluding hydrogens is 260 g/mol. The highest BCUT2D eigenvalue weighted by Crippen LogP contribution is 2.16. The summed E-state index contributed by atoms with van der Waals surface area (Å²) in [5.74, 6) is 0. The van der Waals surface area contributed by atoms with E-state index in [-0.39, 0.29) is 0 Å². The SMILES string of the molecule is CCCCCC(C)Nc1ccc(NS(C)(=O)=O)cc1. The van der Waals surface area contributed by atoms with E-state index < -0.39 is 10.0 Å². The van der Waals surface area contributed by atoms with E-state index in [1.54, 1.807) is 12.1 Å². The van der Waals surface area contributed by atoms with Gasteiger partial charge in [0.15, 0.2) is 0 Å². The maximum absolute atomic E-state index is 11.1. The van der Waals surface area contributed by atoms with Crippen molar-refractivity contribution in [3.8, 4) is 0 Å². The van der Waals surface area contributed by atoms with Crippen LogP contribution in [-0.4, -0.2) is 20.7 Å². The zero-order valence-electron chi connectivity index (χ0n) is 11.9. The zero-order valence-corrected chi connectivity index (χ0v) is 12.8. The van der Waals surface area contributed by atoms with Crippen molar-refractivity contribution in [3.63, 3.8) is 0 Å². The Kier molecular flexibility index (Phi) is 6.15. The van der Waals surface area contributed by atoms with Crippen LogP contribution < -0.4 is 10.0 Å². The molecule has 0 saturated carbocycles. The van der Waals surface area contributed by atoms with Crippen molar-refractivity contribution in [2.75, 3.05) is 16.3 Å². The first-order chi connectivity index (χ1) is 8.90. The van der Waals surface area contributed by atoms with Gasteiger partial charge in [-0.05, 0) is 37.6 Å². The summed E-state index contributed by atoms with van der Waals surface area (Å²) in [4.78, 5) is 0. The van der Waals surface area contributed by atoms with Gasteiger partial charge in [-0.1, -0.05) is 26.2 Å². The highest BCUT2D eigenvalue weighted by atomic mass is 32.2. The summed E-state index contributed by atoms with van der Waals surface area (Å²) >= 11 is 0. The number of anilines is 2. The van der Waals surface area contributed by atoms with Crippen molar-refractivity contribution >= 4 is 21.4 Å². The van der Waals surface area contributed by atoms with Gasteiger partial charge in [-0.2, -0.15) is 0 Å². The fourth-order valence-corrected chi connectivity index (χ4v) is 2.47. The van der Waals surface area contributed by atoms with Gasteiger partial charge in [-0.15, -0.1) is 0 Å². The van der Waals surface area contributed by atoms with Gasteiger partial charge in [0.05, 0.1) is 6.26 Å². The van der Waals surface area contributed by atoms with Gasteiger partial charge in [0.2, 0.25) is 10.0 Å². The summed E-state index contributed by atoms with van der Waals surface area (Å²) in [7, 11) is -3.20. The number of benzene rings is 1. The third kappa shape index (κ3) is 7.06. The molecule has 0 heterocycles. The Bertz CT molecular complexity index is 469. The van der Waals surface area contributed by atoms with Crippen molar-refractivity contribution < 1.29 is 8.42 Å². The summed E-state index contributed by atoms with van der Waals surface area (Å²) in [6.07, 6.45) is 6.03. The first kappa shape index (κ1) is 15.8. The molecule has 0 bridgehead atoms. The van der Waals surface area contributed by atoms with Gasteiger partial charge < -0.3 is 5.32 Å². The third-order valence-corrected chi connectivity index (χ3v) is 3.45. The molecule has 0 amide bonds. The Morgan fingerprint density at radius 3 is 2.21 bits per heavy atom. The molecule has 19 heavy (non-hydrogen) atoms. The number of rotatable bonds is 8. The Labute approximate surface area is 116 Å². The predicted octanol–water partition coefficient (Wildman–Crippen LogP) is 3.44. The van der Waals surface area contributed by atoms with E-state index in [0.717, 1.165) is 18.4 Å². The van der Waals surface area contributed by atoms with Crippen LogP contribution in [-0.2, 0) is 10.0 Å². The maximum Gasteiger partial charge on any atom is 0.229 e. The molecule has 0 aromatic heterocycles. The second-order valence-corrected chi connectivity index (χ2v) is 6.74. The molecule has 1 rings (SSSR count). The minimum atomic E-state index is -3.20. The molecule has 0 radical (unpaired) electrons. The predicted molar refractivity (Wildman–Crippen MR) is 82.1 cm³/mol. The summed E-state index contributed by atoms with van der Waals surface area (Å²) in [5, 5.41) is 3.41. The number of unbranched alkanes of at least 4 members (excludes halogenated alkanes) is 2. The summed E-state index contributed by atoms with van der Waals surface area (Å²) in [6, 6.07) is 7.75. The molecule has 1 unspecified atom stereocenters. The fraction of sp³-hybridized carbons (Fsp3) is 0.571. The van der Waals surface area contributed by atoms with Gasteiger partial charge >= 0.3 is 0 Å². The second-order valence-electron chi connectivity index (χ2n) is 4.99. The zero-order chi connectivity index (χ0) is 14.3. The minimum Gasteiger partial charge on any atom is -0.383 e. The van der Waals surface area contributed by atoms with Crippen molar-refractivity contribution in [1.82, 2.24) is 0 Å². The molecule has 0 aliphatic heterocycles. The lowest BCUT2D eigenvalue weighted by atomic mass is 10.1. The average molecular weight is 284 g/mol. The van der Waals surface area contributed by atoms with E-state index in [2.05, 4.69) is 23.9 Å². The van der Waals surface area contributed by atoms with Crippen LogP contribution >= 0.6 is 0 Å². The molecular formula is C14H24N2O2S. The normalized spacial score (nSPS) is 13.0. The monoisotopic (exact) mass is 284 g/mol. The Morgan fingerprint density at radius 1 is 1.11 bits per heavy atom. The second kappa shape index (κ2) is 7.38. The lowest BCUT2D eigenvalue weighted by molar-refractivity contribution is 0.607. The number of nitrogens with one attached hydrogen (secondary N) is 2. The molecule has 4 nitrogen and oxygen atoms in total. The topological polar surface area (TPSA) is 58.2 Å². The first-order valence-electron chi connectivity index (χ1n) is 6.75. The average Bonchev–Trinajstić information content (AvgIpc) is 2.30. The van der Waals surface area contributed by atoms with E-state index in [1.165, 1.54) is 19.3 Å². The van der Waals surface area contributed by atoms with E-state index in [4.69, 9.17) is 0 Å². The van der Waals surface area contributed by atoms with Gasteiger partial charge in [0.1, 0.15) is 0 Å². The smallest absolute Gasteiger partial charge is 0.229 e. The molecule has 0 saturated heterocycles. The van der Waals surface area contributed by atoms with Crippen LogP contribution in [0.2, 0.25) is 0 Å². The lowest BCUT2D eigenvalue weighted by Crippen LogP contribution is -2.15. The van der Waals surface area contributed by atoms with Crippen molar-refractivity contribution in [2.24, 2.45) is 0 Å². The molecule has 5 heteroatoms. The summed E-state index contributed by atoms with van der Waals surface area (Å²) in [5.41, 5.74) is 1.61. The molecule has 0 spiro atoms. The van der Waals surface area contributed by atoms with Gasteiger partial charge in [-0.3, -0.25) is 4.72 Å². The highest BCUT2D eigenvalue weighted by Gasteiger charge is 2.04. The van der Waals surface area contributed by atoms with E-state index in [9.17, 15) is 8.42 Å². The van der Waals surface area contributed by atoms with Crippen LogP contribution in [0.15, 0.2) is 24.3 Å². The van der Waals surface area contributed by atoms with Crippen molar-refractivity contribution in [2.45, 2.75) is 45.6 Å². The highest BCUT2D eigenvalue weighted by molar-refractivity contribution is 7.92. The van der Waals surface area contributed by atoms with Crippen molar-refractivity contribution in [1.29, 1.82) is 0 Å². The largest absolute Gasteiger partial charge is 0.383 e. The fourth-order valence-electron chi connectivity index (χ4n) is 1.91. The molecule has 0 aliphatic carbocycles. The quantitative estimate of drug-likeness (QED) is 0.719. The number of sulfonamides is 1.